The van der Waals surface area contributed by atoms with Crippen molar-refractivity contribution in [2.24, 2.45) is 0 Å². The highest BCUT2D eigenvalue weighted by molar-refractivity contribution is 8.00. The molecule has 1 atom stereocenters. The van der Waals surface area contributed by atoms with Gasteiger partial charge in [-0.15, -0.1) is 11.8 Å². The number of hydrogen-bond acceptors (Lipinski definition) is 3. The summed E-state index contributed by atoms with van der Waals surface area (Å²) in [5.41, 5.74) is 1.30. The van der Waals surface area contributed by atoms with E-state index in [1.807, 2.05) is 18.2 Å². The van der Waals surface area contributed by atoms with Gasteiger partial charge in [-0.3, -0.25) is 4.79 Å². The minimum Gasteiger partial charge on any atom is -0.383 e. The van der Waals surface area contributed by atoms with Gasteiger partial charge >= 0.3 is 0 Å². The summed E-state index contributed by atoms with van der Waals surface area (Å²) in [6, 6.07) is 7.99. The summed E-state index contributed by atoms with van der Waals surface area (Å²) < 4.78 is 0. The molecule has 4 heteroatoms. The molecule has 21 heavy (non-hydrogen) atoms. The molecular weight excluding hydrogens is 282 g/mol. The Morgan fingerprint density at radius 3 is 2.90 bits per heavy atom. The predicted molar refractivity (Wildman–Crippen MR) is 86.4 cm³/mol. The summed E-state index contributed by atoms with van der Waals surface area (Å²) in [6.07, 6.45) is 6.68. The van der Waals surface area contributed by atoms with E-state index < -0.39 is 5.60 Å². The Balaban J connectivity index is 1.49. The van der Waals surface area contributed by atoms with E-state index in [0.29, 0.717) is 24.0 Å². The number of fused-ring (bicyclic) bond motifs is 1. The molecule has 0 aliphatic heterocycles. The van der Waals surface area contributed by atoms with Crippen molar-refractivity contribution in [3.63, 3.8) is 0 Å². The number of amides is 1. The lowest BCUT2D eigenvalue weighted by Crippen LogP contribution is -2.40. The molecule has 1 aromatic rings. The third kappa shape index (κ3) is 3.43. The van der Waals surface area contributed by atoms with Crippen LogP contribution >= 0.6 is 11.8 Å². The van der Waals surface area contributed by atoms with Crippen LogP contribution in [0.15, 0.2) is 24.3 Å². The van der Waals surface area contributed by atoms with E-state index in [1.54, 1.807) is 11.8 Å². The number of nitrogens with one attached hydrogen (secondary N) is 1. The second kappa shape index (κ2) is 6.41. The van der Waals surface area contributed by atoms with E-state index in [0.717, 1.165) is 12.0 Å². The number of aliphatic hydroxyl groups is 1. The average molecular weight is 305 g/mol. The van der Waals surface area contributed by atoms with Gasteiger partial charge in [-0.1, -0.05) is 37.1 Å². The lowest BCUT2D eigenvalue weighted by Gasteiger charge is -2.24. The topological polar surface area (TPSA) is 49.3 Å². The van der Waals surface area contributed by atoms with Crippen molar-refractivity contribution in [1.82, 2.24) is 5.32 Å². The van der Waals surface area contributed by atoms with Crippen LogP contribution in [0.4, 0.5) is 0 Å². The third-order valence-electron chi connectivity index (χ3n) is 4.66. The number of thioether (sulfide) groups is 1. The van der Waals surface area contributed by atoms with Crippen molar-refractivity contribution >= 4 is 17.7 Å². The van der Waals surface area contributed by atoms with E-state index in [2.05, 4.69) is 11.4 Å². The Hall–Kier alpha value is -1.00. The quantitative estimate of drug-likeness (QED) is 0.879. The average Bonchev–Trinajstić information content (AvgIpc) is 3.13. The zero-order valence-corrected chi connectivity index (χ0v) is 13.1. The van der Waals surface area contributed by atoms with Crippen LogP contribution in [0.3, 0.4) is 0 Å². The van der Waals surface area contributed by atoms with Crippen molar-refractivity contribution in [1.29, 1.82) is 0 Å². The van der Waals surface area contributed by atoms with Gasteiger partial charge in [-0.2, -0.15) is 0 Å². The second-order valence-corrected chi connectivity index (χ2v) is 7.47. The number of carbonyl (C=O) groups is 1. The fraction of sp³-hybridized carbons (Fsp3) is 0.588. The smallest absolute Gasteiger partial charge is 0.230 e. The Labute approximate surface area is 130 Å². The zero-order chi connectivity index (χ0) is 14.7. The molecule has 1 amide bonds. The van der Waals surface area contributed by atoms with Gasteiger partial charge in [0.1, 0.15) is 5.60 Å². The molecule has 0 heterocycles. The Morgan fingerprint density at radius 2 is 2.10 bits per heavy atom. The van der Waals surface area contributed by atoms with Crippen LogP contribution in [0.1, 0.15) is 43.2 Å². The van der Waals surface area contributed by atoms with Gasteiger partial charge in [0.05, 0.1) is 12.3 Å². The van der Waals surface area contributed by atoms with E-state index in [-0.39, 0.29) is 5.91 Å². The Bertz CT molecular complexity index is 513. The van der Waals surface area contributed by atoms with Crippen LogP contribution in [0.25, 0.3) is 0 Å². The highest BCUT2D eigenvalue weighted by Gasteiger charge is 2.36. The molecule has 0 radical (unpaired) electrons. The van der Waals surface area contributed by atoms with Crippen molar-refractivity contribution in [2.75, 3.05) is 12.3 Å². The standard InChI is InChI=1S/C17H23NO2S/c19-16(11-21-14-6-2-3-7-14)18-12-17(20)10-9-13-5-1-4-8-15(13)17/h1,4-5,8,14,20H,2-3,6-7,9-12H2,(H,18,19)/t17-/m0/s1. The summed E-state index contributed by atoms with van der Waals surface area (Å²) in [4.78, 5) is 12.0. The molecular formula is C17H23NO2S. The number of benzene rings is 1. The predicted octanol–water partition coefficient (Wildman–Crippen LogP) is 2.61. The lowest BCUT2D eigenvalue weighted by atomic mass is 9.96. The minimum atomic E-state index is -0.885. The van der Waals surface area contributed by atoms with Crippen LogP contribution in [0, 0.1) is 0 Å². The van der Waals surface area contributed by atoms with E-state index >= 15 is 0 Å². The summed E-state index contributed by atoms with van der Waals surface area (Å²) in [7, 11) is 0. The van der Waals surface area contributed by atoms with Gasteiger partial charge in [0.2, 0.25) is 5.91 Å². The maximum atomic E-state index is 12.0. The zero-order valence-electron chi connectivity index (χ0n) is 12.3. The maximum Gasteiger partial charge on any atom is 0.230 e. The number of rotatable bonds is 5. The molecule has 0 aromatic heterocycles. The second-order valence-electron chi connectivity index (χ2n) is 6.18. The normalized spacial score (nSPS) is 25.0. The molecule has 0 unspecified atom stereocenters. The number of aryl methyl sites for hydroxylation is 1. The molecule has 2 N–H and O–H groups in total. The van der Waals surface area contributed by atoms with E-state index in [1.165, 1.54) is 31.2 Å². The van der Waals surface area contributed by atoms with Gasteiger partial charge in [0.15, 0.2) is 0 Å². The molecule has 0 saturated heterocycles. The van der Waals surface area contributed by atoms with Crippen LogP contribution in [0.5, 0.6) is 0 Å². The molecule has 0 bridgehead atoms. The molecule has 2 aliphatic rings. The maximum absolute atomic E-state index is 12.0. The molecule has 1 fully saturated rings. The summed E-state index contributed by atoms with van der Waals surface area (Å²) in [5.74, 6) is 0.562. The van der Waals surface area contributed by atoms with Crippen LogP contribution in [0.2, 0.25) is 0 Å². The fourth-order valence-corrected chi connectivity index (χ4v) is 4.55. The van der Waals surface area contributed by atoms with Gasteiger partial charge in [0, 0.05) is 5.25 Å². The highest BCUT2D eigenvalue weighted by Crippen LogP contribution is 2.36. The Kier molecular flexibility index (Phi) is 4.55. The fourth-order valence-electron chi connectivity index (χ4n) is 3.40. The third-order valence-corrected chi connectivity index (χ3v) is 6.03. The van der Waals surface area contributed by atoms with Crippen molar-refractivity contribution in [2.45, 2.75) is 49.4 Å². The largest absolute Gasteiger partial charge is 0.383 e. The molecule has 114 valence electrons. The summed E-state index contributed by atoms with van der Waals surface area (Å²) >= 11 is 1.77. The van der Waals surface area contributed by atoms with E-state index in [9.17, 15) is 9.90 Å². The van der Waals surface area contributed by atoms with E-state index in [4.69, 9.17) is 0 Å². The SMILES string of the molecule is O=C(CSC1CCCC1)NC[C@@]1(O)CCc2ccccc21. The Morgan fingerprint density at radius 1 is 1.33 bits per heavy atom. The van der Waals surface area contributed by atoms with Gasteiger partial charge in [0.25, 0.3) is 0 Å². The summed E-state index contributed by atoms with van der Waals surface area (Å²) in [5, 5.41) is 14.3. The first-order valence-corrected chi connectivity index (χ1v) is 8.91. The molecule has 0 spiro atoms. The number of carbonyl (C=O) groups excluding carboxylic acids is 1. The lowest BCUT2D eigenvalue weighted by molar-refractivity contribution is -0.119. The van der Waals surface area contributed by atoms with Crippen LogP contribution < -0.4 is 5.32 Å². The van der Waals surface area contributed by atoms with Gasteiger partial charge < -0.3 is 10.4 Å². The first-order chi connectivity index (χ1) is 10.2. The van der Waals surface area contributed by atoms with Crippen molar-refractivity contribution < 1.29 is 9.90 Å². The van der Waals surface area contributed by atoms with Gasteiger partial charge in [-0.25, -0.2) is 0 Å². The number of hydrogen-bond donors (Lipinski definition) is 2. The van der Waals surface area contributed by atoms with Crippen molar-refractivity contribution in [3.8, 4) is 0 Å². The molecule has 1 saturated carbocycles. The molecule has 3 rings (SSSR count). The van der Waals surface area contributed by atoms with Crippen LogP contribution in [-0.2, 0) is 16.8 Å². The molecule has 3 nitrogen and oxygen atoms in total. The first kappa shape index (κ1) is 14.9. The minimum absolute atomic E-state index is 0.0460. The molecule has 1 aromatic carbocycles. The van der Waals surface area contributed by atoms with Crippen LogP contribution in [-0.4, -0.2) is 28.6 Å². The first-order valence-electron chi connectivity index (χ1n) is 7.86. The van der Waals surface area contributed by atoms with Gasteiger partial charge in [-0.05, 0) is 36.8 Å². The summed E-state index contributed by atoms with van der Waals surface area (Å²) in [6.45, 7) is 0.327. The highest BCUT2D eigenvalue weighted by atomic mass is 32.2. The van der Waals surface area contributed by atoms with Crippen molar-refractivity contribution in [3.05, 3.63) is 35.4 Å². The monoisotopic (exact) mass is 305 g/mol. The molecule has 2 aliphatic carbocycles.